The fourth-order valence-electron chi connectivity index (χ4n) is 1.95. The van der Waals surface area contributed by atoms with Gasteiger partial charge in [-0.3, -0.25) is 0 Å². The van der Waals surface area contributed by atoms with Crippen molar-refractivity contribution in [2.75, 3.05) is 24.7 Å². The Bertz CT molecular complexity index is 359. The van der Waals surface area contributed by atoms with Gasteiger partial charge in [-0.2, -0.15) is 0 Å². The Labute approximate surface area is 101 Å². The summed E-state index contributed by atoms with van der Waals surface area (Å²) in [5.74, 6) is 1.41. The third-order valence-electron chi connectivity index (χ3n) is 2.84. The van der Waals surface area contributed by atoms with Crippen LogP contribution in [0.5, 0.6) is 0 Å². The van der Waals surface area contributed by atoms with Crippen molar-refractivity contribution in [2.24, 2.45) is 5.92 Å². The summed E-state index contributed by atoms with van der Waals surface area (Å²) in [4.78, 5) is 10.4. The second kappa shape index (κ2) is 4.97. The highest BCUT2D eigenvalue weighted by molar-refractivity contribution is 6.28. The average Bonchev–Trinajstić information content (AvgIpc) is 2.29. The molecule has 1 saturated heterocycles. The van der Waals surface area contributed by atoms with Crippen molar-refractivity contribution >= 4 is 17.4 Å². The number of aromatic nitrogens is 2. The Hall–Kier alpha value is -0.870. The zero-order valence-corrected chi connectivity index (χ0v) is 10.3. The largest absolute Gasteiger partial charge is 0.377 e. The summed E-state index contributed by atoms with van der Waals surface area (Å²) in [7, 11) is 0. The Morgan fingerprint density at radius 1 is 1.56 bits per heavy atom. The fourth-order valence-corrected chi connectivity index (χ4v) is 2.09. The van der Waals surface area contributed by atoms with Gasteiger partial charge in [-0.25, -0.2) is 9.97 Å². The molecule has 1 aliphatic heterocycles. The van der Waals surface area contributed by atoms with E-state index >= 15 is 0 Å². The van der Waals surface area contributed by atoms with Crippen molar-refractivity contribution in [1.29, 1.82) is 0 Å². The number of ether oxygens (including phenoxy) is 1. The standard InChI is InChI=1S/C11H16ClN3O/c1-8(2)9-7-16-6-5-15(9)10-3-4-13-11(12)14-10/h3-4,8-9H,5-7H2,1-2H3/t9-/m1/s1. The van der Waals surface area contributed by atoms with Gasteiger partial charge in [0.1, 0.15) is 5.82 Å². The second-order valence-electron chi connectivity index (χ2n) is 4.26. The second-order valence-corrected chi connectivity index (χ2v) is 4.60. The van der Waals surface area contributed by atoms with Crippen LogP contribution in [0.3, 0.4) is 0 Å². The lowest BCUT2D eigenvalue weighted by Crippen LogP contribution is -2.48. The summed E-state index contributed by atoms with van der Waals surface area (Å²) < 4.78 is 5.51. The molecule has 4 nitrogen and oxygen atoms in total. The molecule has 0 aliphatic carbocycles. The highest BCUT2D eigenvalue weighted by atomic mass is 35.5. The molecule has 1 fully saturated rings. The summed E-state index contributed by atoms with van der Waals surface area (Å²) in [6, 6.07) is 2.26. The minimum absolute atomic E-state index is 0.298. The lowest BCUT2D eigenvalue weighted by Gasteiger charge is -2.38. The van der Waals surface area contributed by atoms with Gasteiger partial charge < -0.3 is 9.64 Å². The van der Waals surface area contributed by atoms with Crippen LogP contribution in [0.2, 0.25) is 5.28 Å². The zero-order valence-electron chi connectivity index (χ0n) is 9.56. The van der Waals surface area contributed by atoms with E-state index in [1.54, 1.807) is 6.20 Å². The van der Waals surface area contributed by atoms with E-state index < -0.39 is 0 Å². The third kappa shape index (κ3) is 2.44. The molecule has 1 aromatic heterocycles. The minimum Gasteiger partial charge on any atom is -0.377 e. The van der Waals surface area contributed by atoms with E-state index in [0.717, 1.165) is 25.6 Å². The molecule has 0 bridgehead atoms. The van der Waals surface area contributed by atoms with Crippen molar-refractivity contribution in [3.8, 4) is 0 Å². The molecule has 5 heteroatoms. The van der Waals surface area contributed by atoms with Crippen molar-refractivity contribution < 1.29 is 4.74 Å². The Kier molecular flexibility index (Phi) is 3.61. The molecular weight excluding hydrogens is 226 g/mol. The molecule has 0 aromatic carbocycles. The molecule has 0 amide bonds. The van der Waals surface area contributed by atoms with Gasteiger partial charge in [-0.1, -0.05) is 13.8 Å². The lowest BCUT2D eigenvalue weighted by atomic mass is 10.0. The maximum Gasteiger partial charge on any atom is 0.224 e. The molecule has 2 heterocycles. The van der Waals surface area contributed by atoms with Crippen LogP contribution in [0.25, 0.3) is 0 Å². The molecule has 1 aliphatic rings. The van der Waals surface area contributed by atoms with E-state index in [0.29, 0.717) is 17.2 Å². The molecule has 1 atom stereocenters. The van der Waals surface area contributed by atoms with Crippen LogP contribution < -0.4 is 4.90 Å². The van der Waals surface area contributed by atoms with Gasteiger partial charge in [0, 0.05) is 12.7 Å². The van der Waals surface area contributed by atoms with Crippen molar-refractivity contribution in [3.63, 3.8) is 0 Å². The highest BCUT2D eigenvalue weighted by Gasteiger charge is 2.26. The Morgan fingerprint density at radius 3 is 3.06 bits per heavy atom. The van der Waals surface area contributed by atoms with Gasteiger partial charge in [0.2, 0.25) is 5.28 Å². The molecule has 0 unspecified atom stereocenters. The van der Waals surface area contributed by atoms with Crippen LogP contribution in [0, 0.1) is 5.92 Å². The lowest BCUT2D eigenvalue weighted by molar-refractivity contribution is 0.0802. The molecule has 0 spiro atoms. The smallest absolute Gasteiger partial charge is 0.224 e. The van der Waals surface area contributed by atoms with E-state index in [2.05, 4.69) is 28.7 Å². The van der Waals surface area contributed by atoms with E-state index in [1.807, 2.05) is 6.07 Å². The molecule has 88 valence electrons. The summed E-state index contributed by atoms with van der Waals surface area (Å²) >= 11 is 5.81. The van der Waals surface area contributed by atoms with Crippen LogP contribution in [-0.2, 0) is 4.74 Å². The molecule has 0 N–H and O–H groups in total. The van der Waals surface area contributed by atoms with Crippen molar-refractivity contribution in [1.82, 2.24) is 9.97 Å². The Morgan fingerprint density at radius 2 is 2.38 bits per heavy atom. The molecular formula is C11H16ClN3O. The molecule has 1 aromatic rings. The third-order valence-corrected chi connectivity index (χ3v) is 3.02. The van der Waals surface area contributed by atoms with E-state index in [-0.39, 0.29) is 0 Å². The van der Waals surface area contributed by atoms with Gasteiger partial charge in [0.15, 0.2) is 0 Å². The first-order chi connectivity index (χ1) is 7.68. The van der Waals surface area contributed by atoms with Gasteiger partial charge in [-0.15, -0.1) is 0 Å². The number of nitrogens with zero attached hydrogens (tertiary/aromatic N) is 3. The summed E-state index contributed by atoms with van der Waals surface area (Å²) in [5, 5.41) is 0.298. The topological polar surface area (TPSA) is 38.2 Å². The average molecular weight is 242 g/mol. The predicted molar refractivity (Wildman–Crippen MR) is 63.8 cm³/mol. The van der Waals surface area contributed by atoms with Crippen LogP contribution >= 0.6 is 11.6 Å². The van der Waals surface area contributed by atoms with Crippen LogP contribution in [-0.4, -0.2) is 35.8 Å². The number of halogens is 1. The molecule has 2 rings (SSSR count). The number of hydrogen-bond donors (Lipinski definition) is 0. The Balaban J connectivity index is 2.23. The van der Waals surface area contributed by atoms with Crippen molar-refractivity contribution in [3.05, 3.63) is 17.5 Å². The monoisotopic (exact) mass is 241 g/mol. The zero-order chi connectivity index (χ0) is 11.5. The molecule has 16 heavy (non-hydrogen) atoms. The van der Waals surface area contributed by atoms with Gasteiger partial charge in [0.25, 0.3) is 0 Å². The maximum absolute atomic E-state index is 5.81. The quantitative estimate of drug-likeness (QED) is 0.743. The van der Waals surface area contributed by atoms with Gasteiger partial charge >= 0.3 is 0 Å². The minimum atomic E-state index is 0.298. The van der Waals surface area contributed by atoms with Crippen LogP contribution in [0.1, 0.15) is 13.8 Å². The summed E-state index contributed by atoms with van der Waals surface area (Å²) in [6.07, 6.45) is 1.69. The normalized spacial score (nSPS) is 21.5. The number of rotatable bonds is 2. The van der Waals surface area contributed by atoms with E-state index in [1.165, 1.54) is 0 Å². The molecule has 0 saturated carbocycles. The van der Waals surface area contributed by atoms with E-state index in [4.69, 9.17) is 16.3 Å². The van der Waals surface area contributed by atoms with Crippen molar-refractivity contribution in [2.45, 2.75) is 19.9 Å². The highest BCUT2D eigenvalue weighted by Crippen LogP contribution is 2.22. The summed E-state index contributed by atoms with van der Waals surface area (Å²) in [5.41, 5.74) is 0. The summed E-state index contributed by atoms with van der Waals surface area (Å²) in [6.45, 7) is 6.73. The van der Waals surface area contributed by atoms with Crippen LogP contribution in [0.4, 0.5) is 5.82 Å². The van der Waals surface area contributed by atoms with E-state index in [9.17, 15) is 0 Å². The molecule has 0 radical (unpaired) electrons. The SMILES string of the molecule is CC(C)[C@H]1COCCN1c1ccnc(Cl)n1. The van der Waals surface area contributed by atoms with Crippen LogP contribution in [0.15, 0.2) is 12.3 Å². The van der Waals surface area contributed by atoms with Gasteiger partial charge in [0.05, 0.1) is 19.3 Å². The number of morpholine rings is 1. The maximum atomic E-state index is 5.81. The number of anilines is 1. The predicted octanol–water partition coefficient (Wildman–Crippen LogP) is 1.99. The first kappa shape index (κ1) is 11.6. The fraction of sp³-hybridized carbons (Fsp3) is 0.636. The first-order valence-corrected chi connectivity index (χ1v) is 5.89. The number of hydrogen-bond acceptors (Lipinski definition) is 4. The van der Waals surface area contributed by atoms with Gasteiger partial charge in [-0.05, 0) is 23.6 Å². The first-order valence-electron chi connectivity index (χ1n) is 5.51.